The predicted molar refractivity (Wildman–Crippen MR) is 56.3 cm³/mol. The van der Waals surface area contributed by atoms with Gasteiger partial charge in [-0.15, -0.1) is 0 Å². The first-order valence-corrected chi connectivity index (χ1v) is 5.62. The van der Waals surface area contributed by atoms with Crippen molar-refractivity contribution in [2.24, 2.45) is 5.92 Å². The fourth-order valence-corrected chi connectivity index (χ4v) is 2.30. The summed E-state index contributed by atoms with van der Waals surface area (Å²) in [6, 6.07) is 0. The van der Waals surface area contributed by atoms with Crippen molar-refractivity contribution in [3.05, 3.63) is 0 Å². The summed E-state index contributed by atoms with van der Waals surface area (Å²) in [5, 5.41) is 1.63. The van der Waals surface area contributed by atoms with Crippen molar-refractivity contribution >= 4 is 11.8 Å². The third kappa shape index (κ3) is 8.25. The van der Waals surface area contributed by atoms with Gasteiger partial charge in [0.25, 0.3) is 0 Å². The molecule has 0 rings (SSSR count). The van der Waals surface area contributed by atoms with E-state index in [1.54, 1.807) is 0 Å². The van der Waals surface area contributed by atoms with Gasteiger partial charge in [-0.25, -0.2) is 0 Å². The molecule has 1 heteroatoms. The van der Waals surface area contributed by atoms with Crippen molar-refractivity contribution in [1.82, 2.24) is 0 Å². The van der Waals surface area contributed by atoms with E-state index in [1.807, 2.05) is 0 Å². The molecule has 0 radical (unpaired) electrons. The number of rotatable bonds is 5. The summed E-state index contributed by atoms with van der Waals surface area (Å²) >= 11 is 2.10. The van der Waals surface area contributed by atoms with Crippen molar-refractivity contribution in [3.8, 4) is 0 Å². The smallest absolute Gasteiger partial charge is 0.00213 e. The van der Waals surface area contributed by atoms with Crippen LogP contribution in [0.25, 0.3) is 0 Å². The summed E-state index contributed by atoms with van der Waals surface area (Å²) in [5.74, 6) is 0.866. The SMILES string of the molecule is CC(C)CCC(C)SC(C)C. The molecule has 11 heavy (non-hydrogen) atoms. The normalized spacial score (nSPS) is 14.5. The second kappa shape index (κ2) is 5.93. The molecular formula is C10H22S. The molecule has 0 aliphatic heterocycles. The van der Waals surface area contributed by atoms with Crippen LogP contribution in [0, 0.1) is 5.92 Å². The summed E-state index contributed by atoms with van der Waals surface area (Å²) in [4.78, 5) is 0. The van der Waals surface area contributed by atoms with Crippen molar-refractivity contribution in [2.45, 2.75) is 58.0 Å². The van der Waals surface area contributed by atoms with Gasteiger partial charge >= 0.3 is 0 Å². The summed E-state index contributed by atoms with van der Waals surface area (Å²) in [6.07, 6.45) is 2.75. The van der Waals surface area contributed by atoms with Crippen LogP contribution in [0.5, 0.6) is 0 Å². The van der Waals surface area contributed by atoms with E-state index in [1.165, 1.54) is 12.8 Å². The Morgan fingerprint density at radius 3 is 1.82 bits per heavy atom. The molecule has 1 unspecified atom stereocenters. The van der Waals surface area contributed by atoms with Gasteiger partial charge in [-0.1, -0.05) is 34.6 Å². The van der Waals surface area contributed by atoms with Crippen LogP contribution in [0.4, 0.5) is 0 Å². The predicted octanol–water partition coefficient (Wildman–Crippen LogP) is 3.95. The molecule has 0 nitrogen and oxygen atoms in total. The zero-order valence-electron chi connectivity index (χ0n) is 8.55. The second-order valence-corrected chi connectivity index (χ2v) is 5.99. The van der Waals surface area contributed by atoms with Crippen LogP contribution in [-0.2, 0) is 0 Å². The van der Waals surface area contributed by atoms with E-state index in [0.29, 0.717) is 0 Å². The molecule has 0 fully saturated rings. The lowest BCUT2D eigenvalue weighted by Gasteiger charge is -2.14. The zero-order valence-corrected chi connectivity index (χ0v) is 9.37. The van der Waals surface area contributed by atoms with Gasteiger partial charge in [-0.05, 0) is 24.0 Å². The molecule has 0 amide bonds. The van der Waals surface area contributed by atoms with Crippen LogP contribution in [0.3, 0.4) is 0 Å². The van der Waals surface area contributed by atoms with Crippen LogP contribution in [0.15, 0.2) is 0 Å². The maximum Gasteiger partial charge on any atom is 0.00213 e. The Labute approximate surface area is 76.1 Å². The molecule has 0 aliphatic carbocycles. The first kappa shape index (κ1) is 11.4. The van der Waals surface area contributed by atoms with Crippen LogP contribution in [0.1, 0.15) is 47.5 Å². The highest BCUT2D eigenvalue weighted by Crippen LogP contribution is 2.22. The number of hydrogen-bond donors (Lipinski definition) is 0. The highest BCUT2D eigenvalue weighted by atomic mass is 32.2. The first-order valence-electron chi connectivity index (χ1n) is 4.67. The molecule has 0 spiro atoms. The molecule has 0 aromatic carbocycles. The monoisotopic (exact) mass is 174 g/mol. The maximum absolute atomic E-state index is 2.34. The summed E-state index contributed by atoms with van der Waals surface area (Å²) < 4.78 is 0. The fraction of sp³-hybridized carbons (Fsp3) is 1.00. The van der Waals surface area contributed by atoms with Gasteiger partial charge in [0.15, 0.2) is 0 Å². The lowest BCUT2D eigenvalue weighted by Crippen LogP contribution is -2.03. The van der Waals surface area contributed by atoms with Gasteiger partial charge in [-0.2, -0.15) is 11.8 Å². The van der Waals surface area contributed by atoms with Gasteiger partial charge in [0, 0.05) is 5.25 Å². The van der Waals surface area contributed by atoms with Crippen LogP contribution in [-0.4, -0.2) is 10.5 Å². The van der Waals surface area contributed by atoms with Crippen molar-refractivity contribution in [1.29, 1.82) is 0 Å². The van der Waals surface area contributed by atoms with Gasteiger partial charge in [-0.3, -0.25) is 0 Å². The average molecular weight is 174 g/mol. The zero-order chi connectivity index (χ0) is 8.85. The summed E-state index contributed by atoms with van der Waals surface area (Å²) in [5.41, 5.74) is 0. The maximum atomic E-state index is 2.34. The van der Waals surface area contributed by atoms with Crippen molar-refractivity contribution in [3.63, 3.8) is 0 Å². The van der Waals surface area contributed by atoms with Crippen LogP contribution >= 0.6 is 11.8 Å². The number of thioether (sulfide) groups is 1. The fourth-order valence-electron chi connectivity index (χ4n) is 1.10. The van der Waals surface area contributed by atoms with E-state index in [-0.39, 0.29) is 0 Å². The van der Waals surface area contributed by atoms with E-state index in [0.717, 1.165) is 16.4 Å². The third-order valence-corrected chi connectivity index (χ3v) is 2.90. The summed E-state index contributed by atoms with van der Waals surface area (Å²) in [6.45, 7) is 11.5. The van der Waals surface area contributed by atoms with E-state index < -0.39 is 0 Å². The molecule has 0 aromatic rings. The van der Waals surface area contributed by atoms with Gasteiger partial charge in [0.2, 0.25) is 0 Å². The van der Waals surface area contributed by atoms with Crippen LogP contribution < -0.4 is 0 Å². The first-order chi connectivity index (χ1) is 5.02. The number of hydrogen-bond acceptors (Lipinski definition) is 1. The Kier molecular flexibility index (Phi) is 6.12. The second-order valence-electron chi connectivity index (χ2n) is 3.97. The van der Waals surface area contributed by atoms with Gasteiger partial charge < -0.3 is 0 Å². The minimum Gasteiger partial charge on any atom is -0.156 e. The molecule has 0 N–H and O–H groups in total. The highest BCUT2D eigenvalue weighted by Gasteiger charge is 2.05. The molecule has 0 aromatic heterocycles. The summed E-state index contributed by atoms with van der Waals surface area (Å²) in [7, 11) is 0. The van der Waals surface area contributed by atoms with Crippen LogP contribution in [0.2, 0.25) is 0 Å². The highest BCUT2D eigenvalue weighted by molar-refractivity contribution is 8.00. The molecule has 0 saturated carbocycles. The van der Waals surface area contributed by atoms with Crippen molar-refractivity contribution < 1.29 is 0 Å². The molecule has 68 valence electrons. The van der Waals surface area contributed by atoms with Gasteiger partial charge in [0.05, 0.1) is 0 Å². The molecule has 1 atom stereocenters. The molecule has 0 bridgehead atoms. The molecular weight excluding hydrogens is 152 g/mol. The molecule has 0 aliphatic rings. The largest absolute Gasteiger partial charge is 0.156 e. The standard InChI is InChI=1S/C10H22S/c1-8(2)6-7-10(5)11-9(3)4/h8-10H,6-7H2,1-5H3. The van der Waals surface area contributed by atoms with E-state index in [2.05, 4.69) is 46.4 Å². The van der Waals surface area contributed by atoms with E-state index in [4.69, 9.17) is 0 Å². The Morgan fingerprint density at radius 1 is 0.909 bits per heavy atom. The Balaban J connectivity index is 3.29. The lowest BCUT2D eigenvalue weighted by molar-refractivity contribution is 0.554. The van der Waals surface area contributed by atoms with E-state index >= 15 is 0 Å². The Morgan fingerprint density at radius 2 is 1.45 bits per heavy atom. The minimum absolute atomic E-state index is 0.789. The minimum atomic E-state index is 0.789. The van der Waals surface area contributed by atoms with Gasteiger partial charge in [0.1, 0.15) is 0 Å². The Bertz CT molecular complexity index is 86.9. The van der Waals surface area contributed by atoms with E-state index in [9.17, 15) is 0 Å². The molecule has 0 heterocycles. The Hall–Kier alpha value is 0.350. The quantitative estimate of drug-likeness (QED) is 0.608. The third-order valence-electron chi connectivity index (χ3n) is 1.66. The topological polar surface area (TPSA) is 0 Å². The van der Waals surface area contributed by atoms with Crippen molar-refractivity contribution in [2.75, 3.05) is 0 Å². The lowest BCUT2D eigenvalue weighted by atomic mass is 10.1. The average Bonchev–Trinajstić information content (AvgIpc) is 1.82. The molecule has 0 saturated heterocycles.